The van der Waals surface area contributed by atoms with Gasteiger partial charge in [-0.2, -0.15) is 0 Å². The Morgan fingerprint density at radius 2 is 2.09 bits per heavy atom. The molecular formula is C16H21N3O3S. The smallest absolute Gasteiger partial charge is 0.209 e. The first-order chi connectivity index (χ1) is 11.1. The minimum absolute atomic E-state index is 0.0995. The Balaban J connectivity index is 2.11. The van der Waals surface area contributed by atoms with Gasteiger partial charge in [-0.05, 0) is 37.2 Å². The molecule has 2 heterocycles. The molecular weight excluding hydrogens is 314 g/mol. The highest BCUT2D eigenvalue weighted by molar-refractivity contribution is 8.26. The number of anilines is 2. The minimum Gasteiger partial charge on any atom is -0.466 e. The molecule has 0 spiro atoms. The normalized spacial score (nSPS) is 21.9. The van der Waals surface area contributed by atoms with Crippen molar-refractivity contribution in [1.29, 1.82) is 0 Å². The summed E-state index contributed by atoms with van der Waals surface area (Å²) in [5, 5.41) is 0. The predicted octanol–water partition coefficient (Wildman–Crippen LogP) is 3.59. The number of pyridine rings is 1. The van der Waals surface area contributed by atoms with Gasteiger partial charge in [0.1, 0.15) is 11.4 Å². The van der Waals surface area contributed by atoms with Gasteiger partial charge in [0.15, 0.2) is 0 Å². The molecule has 0 amide bonds. The van der Waals surface area contributed by atoms with Crippen molar-refractivity contribution in [3.05, 3.63) is 48.8 Å². The Morgan fingerprint density at radius 1 is 1.30 bits per heavy atom. The van der Waals surface area contributed by atoms with Gasteiger partial charge < -0.3 is 10.5 Å². The second-order valence-corrected chi connectivity index (χ2v) is 7.53. The van der Waals surface area contributed by atoms with E-state index in [2.05, 4.69) is 4.98 Å². The van der Waals surface area contributed by atoms with Crippen molar-refractivity contribution < 1.29 is 13.8 Å². The van der Waals surface area contributed by atoms with E-state index in [9.17, 15) is 9.11 Å². The maximum atomic E-state index is 11.0. The fraction of sp³-hybridized carbons (Fsp3) is 0.312. The van der Waals surface area contributed by atoms with Crippen LogP contribution in [0.5, 0.6) is 5.75 Å². The first kappa shape index (κ1) is 16.1. The molecule has 0 saturated heterocycles. The SMILES string of the molecule is CC(CCN)C1Oc2ccccc2N(c2cccnc2)S1(O)O. The first-order valence-electron chi connectivity index (χ1n) is 7.49. The topological polar surface area (TPSA) is 91.8 Å². The van der Waals surface area contributed by atoms with Crippen molar-refractivity contribution in [3.63, 3.8) is 0 Å². The summed E-state index contributed by atoms with van der Waals surface area (Å²) in [7, 11) is -3.24. The lowest BCUT2D eigenvalue weighted by Crippen LogP contribution is -2.43. The van der Waals surface area contributed by atoms with Gasteiger partial charge in [0.2, 0.25) is 5.44 Å². The lowest BCUT2D eigenvalue weighted by atomic mass is 10.1. The average Bonchev–Trinajstić information content (AvgIpc) is 2.54. The van der Waals surface area contributed by atoms with Crippen LogP contribution in [0.1, 0.15) is 13.3 Å². The predicted molar refractivity (Wildman–Crippen MR) is 92.9 cm³/mol. The molecule has 0 radical (unpaired) electrons. The van der Waals surface area contributed by atoms with Crippen LogP contribution in [0.4, 0.5) is 11.4 Å². The summed E-state index contributed by atoms with van der Waals surface area (Å²) in [6.45, 7) is 2.38. The summed E-state index contributed by atoms with van der Waals surface area (Å²) in [6.07, 6.45) is 3.90. The van der Waals surface area contributed by atoms with Crippen molar-refractivity contribution in [2.75, 3.05) is 10.8 Å². The Hall–Kier alpha value is -1.80. The number of hydrogen-bond donors (Lipinski definition) is 3. The van der Waals surface area contributed by atoms with E-state index in [1.807, 2.05) is 25.1 Å². The number of aromatic nitrogens is 1. The van der Waals surface area contributed by atoms with Gasteiger partial charge in [-0.1, -0.05) is 29.8 Å². The van der Waals surface area contributed by atoms with E-state index in [-0.39, 0.29) is 5.92 Å². The van der Waals surface area contributed by atoms with E-state index in [0.29, 0.717) is 30.1 Å². The van der Waals surface area contributed by atoms with Crippen LogP contribution in [0.3, 0.4) is 0 Å². The number of benzene rings is 1. The molecule has 0 fully saturated rings. The Labute approximate surface area is 137 Å². The molecule has 0 aliphatic carbocycles. The van der Waals surface area contributed by atoms with Crippen molar-refractivity contribution in [1.82, 2.24) is 4.98 Å². The van der Waals surface area contributed by atoms with E-state index in [0.717, 1.165) is 0 Å². The highest BCUT2D eigenvalue weighted by Gasteiger charge is 2.43. The van der Waals surface area contributed by atoms with Gasteiger partial charge in [-0.3, -0.25) is 14.1 Å². The molecule has 2 unspecified atom stereocenters. The zero-order valence-corrected chi connectivity index (χ0v) is 13.7. The maximum Gasteiger partial charge on any atom is 0.209 e. The zero-order valence-electron chi connectivity index (χ0n) is 12.9. The Kier molecular flexibility index (Phi) is 4.45. The number of para-hydroxylation sites is 2. The summed E-state index contributed by atoms with van der Waals surface area (Å²) in [6, 6.07) is 10.9. The van der Waals surface area contributed by atoms with Crippen LogP contribution in [-0.4, -0.2) is 26.1 Å². The molecule has 3 rings (SSSR count). The molecule has 7 heteroatoms. The molecule has 23 heavy (non-hydrogen) atoms. The summed E-state index contributed by atoms with van der Waals surface area (Å²) < 4.78 is 29.4. The molecule has 0 saturated carbocycles. The fourth-order valence-corrected chi connectivity index (χ4v) is 4.82. The van der Waals surface area contributed by atoms with Crippen molar-refractivity contribution in [2.45, 2.75) is 18.8 Å². The summed E-state index contributed by atoms with van der Waals surface area (Å²) in [4.78, 5) is 4.09. The highest BCUT2D eigenvalue weighted by atomic mass is 32.3. The third-order valence-electron chi connectivity index (χ3n) is 3.87. The molecule has 1 aromatic heterocycles. The van der Waals surface area contributed by atoms with E-state index in [1.54, 1.807) is 30.6 Å². The largest absolute Gasteiger partial charge is 0.466 e. The molecule has 4 N–H and O–H groups in total. The van der Waals surface area contributed by atoms with Crippen molar-refractivity contribution in [2.24, 2.45) is 11.7 Å². The summed E-state index contributed by atoms with van der Waals surface area (Å²) >= 11 is 0. The third-order valence-corrected chi connectivity index (χ3v) is 6.00. The number of nitrogens with two attached hydrogens (primary N) is 1. The van der Waals surface area contributed by atoms with Gasteiger partial charge in [0, 0.05) is 12.1 Å². The first-order valence-corrected chi connectivity index (χ1v) is 9.05. The van der Waals surface area contributed by atoms with Gasteiger partial charge in [-0.25, -0.2) is 4.31 Å². The average molecular weight is 335 g/mol. The van der Waals surface area contributed by atoms with Crippen molar-refractivity contribution in [3.8, 4) is 5.75 Å². The molecule has 2 aromatic rings. The van der Waals surface area contributed by atoms with Gasteiger partial charge in [-0.15, -0.1) is 0 Å². The number of nitrogens with zero attached hydrogens (tertiary/aromatic N) is 2. The quantitative estimate of drug-likeness (QED) is 0.791. The lowest BCUT2D eigenvalue weighted by molar-refractivity contribution is 0.189. The Bertz CT molecular complexity index is 669. The monoisotopic (exact) mass is 335 g/mol. The lowest BCUT2D eigenvalue weighted by Gasteiger charge is -2.53. The van der Waals surface area contributed by atoms with Crippen LogP contribution < -0.4 is 14.8 Å². The van der Waals surface area contributed by atoms with E-state index in [4.69, 9.17) is 10.5 Å². The zero-order chi connectivity index (χ0) is 16.4. The molecule has 1 aromatic carbocycles. The van der Waals surface area contributed by atoms with E-state index >= 15 is 0 Å². The van der Waals surface area contributed by atoms with E-state index < -0.39 is 16.2 Å². The van der Waals surface area contributed by atoms with Crippen LogP contribution in [0.15, 0.2) is 48.8 Å². The highest BCUT2D eigenvalue weighted by Crippen LogP contribution is 2.62. The molecule has 124 valence electrons. The number of rotatable bonds is 4. The van der Waals surface area contributed by atoms with Crippen LogP contribution in [0.25, 0.3) is 0 Å². The third kappa shape index (κ3) is 2.88. The van der Waals surface area contributed by atoms with Gasteiger partial charge in [0.25, 0.3) is 0 Å². The standard InChI is InChI=1S/C16H21N3O3S/c1-12(8-9-17)16-22-15-7-3-2-6-14(15)19(23(16,20)21)13-5-4-10-18-11-13/h2-7,10-12,16,20-21H,8-9,17H2,1H3. The summed E-state index contributed by atoms with van der Waals surface area (Å²) in [5.41, 5.74) is 6.12. The van der Waals surface area contributed by atoms with Gasteiger partial charge >= 0.3 is 0 Å². The molecule has 1 aliphatic heterocycles. The maximum absolute atomic E-state index is 11.0. The van der Waals surface area contributed by atoms with Gasteiger partial charge in [0.05, 0.1) is 11.9 Å². The number of hydrogen-bond acceptors (Lipinski definition) is 6. The fourth-order valence-electron chi connectivity index (χ4n) is 2.76. The Morgan fingerprint density at radius 3 is 2.78 bits per heavy atom. The molecule has 1 aliphatic rings. The van der Waals surface area contributed by atoms with E-state index in [1.165, 1.54) is 4.31 Å². The molecule has 2 atom stereocenters. The number of ether oxygens (including phenoxy) is 1. The second-order valence-electron chi connectivity index (χ2n) is 5.58. The van der Waals surface area contributed by atoms with Crippen LogP contribution in [-0.2, 0) is 0 Å². The molecule has 6 nitrogen and oxygen atoms in total. The minimum atomic E-state index is -3.24. The van der Waals surface area contributed by atoms with Crippen LogP contribution in [0, 0.1) is 5.92 Å². The molecule has 0 bridgehead atoms. The summed E-state index contributed by atoms with van der Waals surface area (Å²) in [5.74, 6) is 0.522. The van der Waals surface area contributed by atoms with Crippen molar-refractivity contribution >= 4 is 22.2 Å². The second kappa shape index (κ2) is 6.37. The number of fused-ring (bicyclic) bond motifs is 1. The van der Waals surface area contributed by atoms with Crippen LogP contribution >= 0.6 is 10.8 Å². The van der Waals surface area contributed by atoms with Crippen LogP contribution in [0.2, 0.25) is 0 Å².